The van der Waals surface area contributed by atoms with Crippen LogP contribution in [0.1, 0.15) is 28.9 Å². The molecule has 0 radical (unpaired) electrons. The molecule has 0 bridgehead atoms. The number of nitrogens with zero attached hydrogens (tertiary/aromatic N) is 1. The van der Waals surface area contributed by atoms with E-state index in [2.05, 4.69) is 21.3 Å². The number of rotatable bonds is 5. The quantitative estimate of drug-likeness (QED) is 0.801. The maximum atomic E-state index is 12.0. The molecule has 1 aromatic carbocycles. The molecule has 1 amide bonds. The Bertz CT molecular complexity index is 782. The first-order valence-corrected chi connectivity index (χ1v) is 8.57. The highest BCUT2D eigenvalue weighted by Gasteiger charge is 2.15. The van der Waals surface area contributed by atoms with Crippen molar-refractivity contribution in [1.29, 1.82) is 0 Å². The molecule has 132 valence electrons. The summed E-state index contributed by atoms with van der Waals surface area (Å²) in [6.45, 7) is 3.73. The molecular formula is C18H20ClN3O3. The smallest absolute Gasteiger partial charge is 0.355 e. The fourth-order valence-corrected chi connectivity index (χ4v) is 3.00. The van der Waals surface area contributed by atoms with Crippen LogP contribution in [0.4, 0.5) is 11.4 Å². The summed E-state index contributed by atoms with van der Waals surface area (Å²) in [5, 5.41) is 3.18. The van der Waals surface area contributed by atoms with Gasteiger partial charge in [0.1, 0.15) is 5.69 Å². The van der Waals surface area contributed by atoms with Crippen LogP contribution in [0.15, 0.2) is 30.5 Å². The minimum atomic E-state index is -0.622. The van der Waals surface area contributed by atoms with Gasteiger partial charge in [0.25, 0.3) is 5.91 Å². The first-order valence-electron chi connectivity index (χ1n) is 8.19. The highest BCUT2D eigenvalue weighted by molar-refractivity contribution is 6.30. The van der Waals surface area contributed by atoms with Crippen LogP contribution in [0.2, 0.25) is 5.02 Å². The summed E-state index contributed by atoms with van der Waals surface area (Å²) in [6, 6.07) is 7.39. The predicted octanol–water partition coefficient (Wildman–Crippen LogP) is 3.37. The lowest BCUT2D eigenvalue weighted by Gasteiger charge is -2.19. The van der Waals surface area contributed by atoms with Crippen LogP contribution in [0, 0.1) is 6.92 Å². The molecule has 1 saturated heterocycles. The number of hydrogen-bond acceptors (Lipinski definition) is 4. The zero-order chi connectivity index (χ0) is 17.8. The summed E-state index contributed by atoms with van der Waals surface area (Å²) < 4.78 is 4.97. The Labute approximate surface area is 151 Å². The standard InChI is InChI=1S/C18H20ClN3O3/c1-12-8-14(22-6-2-3-7-22)4-5-15(12)21-17(23)11-25-18(24)16-9-13(19)10-20-16/h4-5,8-10,20H,2-3,6-7,11H2,1H3,(H,21,23). The van der Waals surface area contributed by atoms with Gasteiger partial charge in [-0.25, -0.2) is 4.79 Å². The molecule has 2 aromatic rings. The number of aromatic nitrogens is 1. The van der Waals surface area contributed by atoms with Crippen molar-refractivity contribution in [3.05, 3.63) is 46.7 Å². The van der Waals surface area contributed by atoms with Crippen molar-refractivity contribution in [2.24, 2.45) is 0 Å². The summed E-state index contributed by atoms with van der Waals surface area (Å²) >= 11 is 5.73. The minimum absolute atomic E-state index is 0.212. The van der Waals surface area contributed by atoms with E-state index >= 15 is 0 Å². The Morgan fingerprint density at radius 3 is 2.68 bits per heavy atom. The van der Waals surface area contributed by atoms with E-state index < -0.39 is 5.97 Å². The second-order valence-electron chi connectivity index (χ2n) is 6.05. The van der Waals surface area contributed by atoms with E-state index in [0.717, 1.165) is 18.7 Å². The first kappa shape index (κ1) is 17.4. The number of H-pyrrole nitrogens is 1. The van der Waals surface area contributed by atoms with E-state index in [-0.39, 0.29) is 18.2 Å². The van der Waals surface area contributed by atoms with Crippen LogP contribution >= 0.6 is 11.6 Å². The van der Waals surface area contributed by atoms with Crippen LogP contribution in [0.25, 0.3) is 0 Å². The SMILES string of the molecule is Cc1cc(N2CCCC2)ccc1NC(=O)COC(=O)c1cc(Cl)c[nH]1. The molecule has 2 heterocycles. The van der Waals surface area contributed by atoms with Gasteiger partial charge in [0, 0.05) is 30.7 Å². The normalized spacial score (nSPS) is 13.8. The van der Waals surface area contributed by atoms with Crippen molar-refractivity contribution in [3.8, 4) is 0 Å². The number of nitrogens with one attached hydrogen (secondary N) is 2. The van der Waals surface area contributed by atoms with Gasteiger partial charge in [-0.05, 0) is 49.6 Å². The Morgan fingerprint density at radius 1 is 1.28 bits per heavy atom. The van der Waals surface area contributed by atoms with Gasteiger partial charge in [-0.15, -0.1) is 0 Å². The van der Waals surface area contributed by atoms with Crippen molar-refractivity contribution in [2.75, 3.05) is 29.9 Å². The second kappa shape index (κ2) is 7.61. The lowest BCUT2D eigenvalue weighted by atomic mass is 10.1. The molecule has 25 heavy (non-hydrogen) atoms. The largest absolute Gasteiger partial charge is 0.451 e. The summed E-state index contributed by atoms with van der Waals surface area (Å²) in [4.78, 5) is 28.8. The molecule has 1 aromatic heterocycles. The lowest BCUT2D eigenvalue weighted by molar-refractivity contribution is -0.119. The molecule has 3 rings (SSSR count). The third-order valence-corrected chi connectivity index (χ3v) is 4.38. The number of aromatic amines is 1. The lowest BCUT2D eigenvalue weighted by Crippen LogP contribution is -2.22. The molecule has 0 saturated carbocycles. The van der Waals surface area contributed by atoms with Gasteiger partial charge in [-0.2, -0.15) is 0 Å². The van der Waals surface area contributed by atoms with Crippen LogP contribution in [-0.4, -0.2) is 36.6 Å². The molecule has 1 aliphatic rings. The second-order valence-corrected chi connectivity index (χ2v) is 6.49. The maximum Gasteiger partial charge on any atom is 0.355 e. The number of esters is 1. The highest BCUT2D eigenvalue weighted by atomic mass is 35.5. The van der Waals surface area contributed by atoms with Crippen LogP contribution in [0.5, 0.6) is 0 Å². The Kier molecular flexibility index (Phi) is 5.28. The molecule has 0 unspecified atom stereocenters. The molecule has 0 spiro atoms. The number of benzene rings is 1. The molecule has 1 aliphatic heterocycles. The number of halogens is 1. The van der Waals surface area contributed by atoms with Crippen molar-refractivity contribution >= 4 is 34.9 Å². The fraction of sp³-hybridized carbons (Fsp3) is 0.333. The zero-order valence-corrected chi connectivity index (χ0v) is 14.7. The van der Waals surface area contributed by atoms with Crippen LogP contribution < -0.4 is 10.2 Å². The number of hydrogen-bond donors (Lipinski definition) is 2. The van der Waals surface area contributed by atoms with Crippen LogP contribution in [0.3, 0.4) is 0 Å². The summed E-state index contributed by atoms with van der Waals surface area (Å²) in [7, 11) is 0. The maximum absolute atomic E-state index is 12.0. The van der Waals surface area contributed by atoms with E-state index in [9.17, 15) is 9.59 Å². The van der Waals surface area contributed by atoms with Gasteiger partial charge >= 0.3 is 5.97 Å². The number of amides is 1. The number of anilines is 2. The van der Waals surface area contributed by atoms with Gasteiger partial charge in [0.05, 0.1) is 5.02 Å². The van der Waals surface area contributed by atoms with E-state index in [0.29, 0.717) is 10.7 Å². The summed E-state index contributed by atoms with van der Waals surface area (Å²) in [6.07, 6.45) is 3.91. The van der Waals surface area contributed by atoms with Gasteiger partial charge in [0.2, 0.25) is 0 Å². The van der Waals surface area contributed by atoms with Crippen molar-refractivity contribution in [1.82, 2.24) is 4.98 Å². The number of carbonyl (C=O) groups is 2. The third kappa shape index (κ3) is 4.33. The van der Waals surface area contributed by atoms with Crippen molar-refractivity contribution < 1.29 is 14.3 Å². The first-order chi connectivity index (χ1) is 12.0. The number of carbonyl (C=O) groups excluding carboxylic acids is 2. The fourth-order valence-electron chi connectivity index (χ4n) is 2.84. The molecule has 6 nitrogen and oxygen atoms in total. The number of aryl methyl sites for hydroxylation is 1. The van der Waals surface area contributed by atoms with Gasteiger partial charge in [0.15, 0.2) is 6.61 Å². The monoisotopic (exact) mass is 361 g/mol. The summed E-state index contributed by atoms with van der Waals surface area (Å²) in [5.74, 6) is -1.01. The average molecular weight is 362 g/mol. The predicted molar refractivity (Wildman–Crippen MR) is 97.3 cm³/mol. The Balaban J connectivity index is 1.54. The van der Waals surface area contributed by atoms with E-state index in [1.54, 1.807) is 0 Å². The molecular weight excluding hydrogens is 342 g/mol. The van der Waals surface area contributed by atoms with E-state index in [1.807, 2.05) is 19.1 Å². The van der Waals surface area contributed by atoms with Gasteiger partial charge in [-0.1, -0.05) is 11.6 Å². The van der Waals surface area contributed by atoms with Crippen molar-refractivity contribution in [3.63, 3.8) is 0 Å². The molecule has 7 heteroatoms. The number of ether oxygens (including phenoxy) is 1. The van der Waals surface area contributed by atoms with Crippen LogP contribution in [-0.2, 0) is 9.53 Å². The molecule has 0 atom stereocenters. The molecule has 0 aliphatic carbocycles. The Morgan fingerprint density at radius 2 is 2.04 bits per heavy atom. The topological polar surface area (TPSA) is 74.4 Å². The summed E-state index contributed by atoms with van der Waals surface area (Å²) in [5.41, 5.74) is 3.07. The highest BCUT2D eigenvalue weighted by Crippen LogP contribution is 2.25. The van der Waals surface area contributed by atoms with Gasteiger partial charge < -0.3 is 19.9 Å². The van der Waals surface area contributed by atoms with Gasteiger partial charge in [-0.3, -0.25) is 4.79 Å². The molecule has 2 N–H and O–H groups in total. The zero-order valence-electron chi connectivity index (χ0n) is 14.0. The minimum Gasteiger partial charge on any atom is -0.451 e. The van der Waals surface area contributed by atoms with E-state index in [1.165, 1.54) is 30.8 Å². The molecule has 1 fully saturated rings. The average Bonchev–Trinajstić information content (AvgIpc) is 3.26. The third-order valence-electron chi connectivity index (χ3n) is 4.16. The van der Waals surface area contributed by atoms with E-state index in [4.69, 9.17) is 16.3 Å². The van der Waals surface area contributed by atoms with Crippen molar-refractivity contribution in [2.45, 2.75) is 19.8 Å². The Hall–Kier alpha value is -2.47.